The fraction of sp³-hybridized carbons (Fsp3) is 1.00. The zero-order valence-corrected chi connectivity index (χ0v) is 14.6. The maximum absolute atomic E-state index is 9.54. The molecule has 0 aromatic rings. The SMILES string of the molecule is CN1CCC(CN2CCN(CC3CC(O)C3)C3(COC3)C2)CC1. The molecule has 1 spiro atoms. The predicted molar refractivity (Wildman–Crippen MR) is 90.5 cm³/mol. The molecule has 0 bridgehead atoms. The van der Waals surface area contributed by atoms with Gasteiger partial charge in [-0.1, -0.05) is 0 Å². The van der Waals surface area contributed by atoms with Crippen LogP contribution in [-0.2, 0) is 4.74 Å². The number of likely N-dealkylation sites (tertiary alicyclic amines) is 1. The van der Waals surface area contributed by atoms with Crippen molar-refractivity contribution in [2.75, 3.05) is 66.1 Å². The molecule has 132 valence electrons. The quantitative estimate of drug-likeness (QED) is 0.815. The second-order valence-electron chi connectivity index (χ2n) is 8.64. The Morgan fingerprint density at radius 2 is 1.74 bits per heavy atom. The number of hydrogen-bond acceptors (Lipinski definition) is 5. The lowest BCUT2D eigenvalue weighted by Gasteiger charge is -2.57. The molecule has 1 saturated carbocycles. The number of aliphatic hydroxyl groups is 1. The van der Waals surface area contributed by atoms with Crippen LogP contribution in [0.2, 0.25) is 0 Å². The third kappa shape index (κ3) is 3.45. The van der Waals surface area contributed by atoms with Gasteiger partial charge in [-0.3, -0.25) is 9.80 Å². The molecule has 23 heavy (non-hydrogen) atoms. The molecule has 3 saturated heterocycles. The summed E-state index contributed by atoms with van der Waals surface area (Å²) < 4.78 is 5.63. The number of piperazine rings is 1. The van der Waals surface area contributed by atoms with Gasteiger partial charge in [0.25, 0.3) is 0 Å². The first-order valence-corrected chi connectivity index (χ1v) is 9.55. The molecule has 1 aliphatic carbocycles. The molecule has 0 radical (unpaired) electrons. The van der Waals surface area contributed by atoms with Crippen molar-refractivity contribution in [3.8, 4) is 0 Å². The molecule has 5 nitrogen and oxygen atoms in total. The smallest absolute Gasteiger partial charge is 0.0807 e. The third-order valence-electron chi connectivity index (χ3n) is 6.66. The molecule has 4 aliphatic rings. The minimum atomic E-state index is -0.0284. The highest BCUT2D eigenvalue weighted by Gasteiger charge is 2.49. The summed E-state index contributed by atoms with van der Waals surface area (Å²) in [7, 11) is 2.24. The topological polar surface area (TPSA) is 39.2 Å². The van der Waals surface area contributed by atoms with Gasteiger partial charge in [0.1, 0.15) is 0 Å². The van der Waals surface area contributed by atoms with Crippen molar-refractivity contribution in [1.29, 1.82) is 0 Å². The summed E-state index contributed by atoms with van der Waals surface area (Å²) in [5, 5.41) is 9.54. The van der Waals surface area contributed by atoms with Gasteiger partial charge >= 0.3 is 0 Å². The Balaban J connectivity index is 1.30. The van der Waals surface area contributed by atoms with E-state index in [1.807, 2.05) is 0 Å². The molecule has 1 N–H and O–H groups in total. The van der Waals surface area contributed by atoms with Gasteiger partial charge in [0.2, 0.25) is 0 Å². The van der Waals surface area contributed by atoms with Crippen LogP contribution in [0.3, 0.4) is 0 Å². The minimum Gasteiger partial charge on any atom is -0.393 e. The van der Waals surface area contributed by atoms with Crippen molar-refractivity contribution in [2.45, 2.75) is 37.3 Å². The van der Waals surface area contributed by atoms with Gasteiger partial charge in [-0.25, -0.2) is 0 Å². The first-order valence-electron chi connectivity index (χ1n) is 9.55. The van der Waals surface area contributed by atoms with Crippen molar-refractivity contribution >= 4 is 0 Å². The zero-order chi connectivity index (χ0) is 15.9. The molecule has 0 amide bonds. The molecule has 5 heteroatoms. The van der Waals surface area contributed by atoms with Crippen LogP contribution in [0.5, 0.6) is 0 Å². The van der Waals surface area contributed by atoms with E-state index in [0.29, 0.717) is 5.92 Å². The van der Waals surface area contributed by atoms with E-state index in [2.05, 4.69) is 21.7 Å². The molecule has 0 atom stereocenters. The second-order valence-corrected chi connectivity index (χ2v) is 8.64. The van der Waals surface area contributed by atoms with E-state index in [9.17, 15) is 5.11 Å². The van der Waals surface area contributed by atoms with E-state index in [0.717, 1.165) is 32.0 Å². The molecule has 0 aromatic heterocycles. The van der Waals surface area contributed by atoms with Gasteiger partial charge in [-0.05, 0) is 57.7 Å². The van der Waals surface area contributed by atoms with Crippen LogP contribution in [0.25, 0.3) is 0 Å². The number of ether oxygens (including phenoxy) is 1. The maximum atomic E-state index is 9.54. The second kappa shape index (κ2) is 6.60. The standard InChI is InChI=1S/C18H33N3O2/c1-19-4-2-15(3-5-19)10-20-6-7-21(11-16-8-17(22)9-16)18(12-20)13-23-14-18/h15-17,22H,2-14H2,1H3. The van der Waals surface area contributed by atoms with Crippen LogP contribution in [-0.4, -0.2) is 97.5 Å². The van der Waals surface area contributed by atoms with E-state index in [1.165, 1.54) is 58.7 Å². The Kier molecular flexibility index (Phi) is 4.67. The lowest BCUT2D eigenvalue weighted by Crippen LogP contribution is -2.72. The predicted octanol–water partition coefficient (Wildman–Crippen LogP) is 0.486. The summed E-state index contributed by atoms with van der Waals surface area (Å²) >= 11 is 0. The molecule has 0 aromatic carbocycles. The average Bonchev–Trinajstić information content (AvgIpc) is 2.48. The van der Waals surface area contributed by atoms with Crippen LogP contribution in [0.15, 0.2) is 0 Å². The zero-order valence-electron chi connectivity index (χ0n) is 14.6. The summed E-state index contributed by atoms with van der Waals surface area (Å²) in [4.78, 5) is 7.87. The highest BCUT2D eigenvalue weighted by atomic mass is 16.5. The summed E-state index contributed by atoms with van der Waals surface area (Å²) in [5.41, 5.74) is 0.282. The van der Waals surface area contributed by atoms with E-state index < -0.39 is 0 Å². The Morgan fingerprint density at radius 3 is 2.35 bits per heavy atom. The summed E-state index contributed by atoms with van der Waals surface area (Å²) in [6.07, 6.45) is 4.71. The Hall–Kier alpha value is -0.200. The fourth-order valence-corrected chi connectivity index (χ4v) is 4.92. The van der Waals surface area contributed by atoms with Crippen LogP contribution >= 0.6 is 0 Å². The molecule has 4 rings (SSSR count). The molecule has 3 aliphatic heterocycles. The van der Waals surface area contributed by atoms with Crippen molar-refractivity contribution in [3.05, 3.63) is 0 Å². The first-order chi connectivity index (χ1) is 11.1. The number of aliphatic hydroxyl groups excluding tert-OH is 1. The Bertz CT molecular complexity index is 401. The Morgan fingerprint density at radius 1 is 1.00 bits per heavy atom. The first kappa shape index (κ1) is 16.3. The van der Waals surface area contributed by atoms with Gasteiger partial charge in [0.05, 0.1) is 24.9 Å². The summed E-state index contributed by atoms with van der Waals surface area (Å²) in [5.74, 6) is 1.60. The average molecular weight is 323 g/mol. The summed E-state index contributed by atoms with van der Waals surface area (Å²) in [6.45, 7) is 10.4. The number of piperidine rings is 1. The molecular formula is C18H33N3O2. The summed E-state index contributed by atoms with van der Waals surface area (Å²) in [6, 6.07) is 0. The van der Waals surface area contributed by atoms with Crippen molar-refractivity contribution in [2.24, 2.45) is 11.8 Å². The van der Waals surface area contributed by atoms with E-state index in [1.54, 1.807) is 0 Å². The Labute approximate surface area is 140 Å². The third-order valence-corrected chi connectivity index (χ3v) is 6.66. The monoisotopic (exact) mass is 323 g/mol. The van der Waals surface area contributed by atoms with Crippen LogP contribution in [0.4, 0.5) is 0 Å². The normalized spacial score (nSPS) is 36.8. The number of rotatable bonds is 4. The molecule has 3 heterocycles. The van der Waals surface area contributed by atoms with Crippen LogP contribution in [0.1, 0.15) is 25.7 Å². The molecule has 0 unspecified atom stereocenters. The number of nitrogens with zero attached hydrogens (tertiary/aromatic N) is 3. The maximum Gasteiger partial charge on any atom is 0.0807 e. The van der Waals surface area contributed by atoms with Gasteiger partial charge in [0.15, 0.2) is 0 Å². The van der Waals surface area contributed by atoms with Gasteiger partial charge in [-0.2, -0.15) is 0 Å². The minimum absolute atomic E-state index is 0.0284. The van der Waals surface area contributed by atoms with Gasteiger partial charge in [-0.15, -0.1) is 0 Å². The highest BCUT2D eigenvalue weighted by molar-refractivity contribution is 5.03. The lowest BCUT2D eigenvalue weighted by atomic mass is 9.80. The van der Waals surface area contributed by atoms with E-state index in [4.69, 9.17) is 4.74 Å². The largest absolute Gasteiger partial charge is 0.393 e. The van der Waals surface area contributed by atoms with Crippen molar-refractivity contribution in [3.63, 3.8) is 0 Å². The molecule has 4 fully saturated rings. The van der Waals surface area contributed by atoms with Gasteiger partial charge in [0, 0.05) is 32.7 Å². The fourth-order valence-electron chi connectivity index (χ4n) is 4.92. The number of hydrogen-bond donors (Lipinski definition) is 1. The van der Waals surface area contributed by atoms with E-state index >= 15 is 0 Å². The van der Waals surface area contributed by atoms with Crippen molar-refractivity contribution < 1.29 is 9.84 Å². The lowest BCUT2D eigenvalue weighted by molar-refractivity contribution is -0.178. The highest BCUT2D eigenvalue weighted by Crippen LogP contribution is 2.35. The van der Waals surface area contributed by atoms with Crippen LogP contribution < -0.4 is 0 Å². The van der Waals surface area contributed by atoms with Gasteiger partial charge < -0.3 is 14.7 Å². The van der Waals surface area contributed by atoms with Crippen molar-refractivity contribution in [1.82, 2.24) is 14.7 Å². The molecular weight excluding hydrogens is 290 g/mol. The van der Waals surface area contributed by atoms with Crippen LogP contribution in [0, 0.1) is 11.8 Å². The van der Waals surface area contributed by atoms with E-state index in [-0.39, 0.29) is 11.6 Å².